The molecule has 1 aliphatic rings. The van der Waals surface area contributed by atoms with Gasteiger partial charge in [-0.3, -0.25) is 14.5 Å². The number of rotatable bonds is 3. The van der Waals surface area contributed by atoms with Crippen LogP contribution in [-0.2, 0) is 15.8 Å². The van der Waals surface area contributed by atoms with Crippen molar-refractivity contribution in [3.05, 3.63) is 48.2 Å². The summed E-state index contributed by atoms with van der Waals surface area (Å²) in [4.78, 5) is 28.7. The number of thioether (sulfide) groups is 1. The lowest BCUT2D eigenvalue weighted by Crippen LogP contribution is -2.50. The summed E-state index contributed by atoms with van der Waals surface area (Å²) in [6, 6.07) is 4.99. The molecular weight excluding hydrogens is 436 g/mol. The lowest BCUT2D eigenvalue weighted by molar-refractivity contribution is -0.157. The highest BCUT2D eigenvalue weighted by molar-refractivity contribution is 7.99. The molecule has 0 radical (unpaired) electrons. The highest BCUT2D eigenvalue weighted by atomic mass is 32.2. The van der Waals surface area contributed by atoms with Gasteiger partial charge >= 0.3 is 12.4 Å². The van der Waals surface area contributed by atoms with Gasteiger partial charge in [0, 0.05) is 6.20 Å². The molecule has 1 unspecified atom stereocenters. The van der Waals surface area contributed by atoms with E-state index in [1.807, 2.05) is 0 Å². The number of carbonyl (C=O) groups excluding carboxylic acids is 2. The molecule has 2 amide bonds. The molecule has 2 aromatic rings. The third-order valence-corrected chi connectivity index (χ3v) is 5.11. The normalized spacial score (nSPS) is 17.2. The number of halogens is 6. The Morgan fingerprint density at radius 2 is 1.83 bits per heavy atom. The van der Waals surface area contributed by atoms with Crippen molar-refractivity contribution in [2.24, 2.45) is 0 Å². The topological polar surface area (TPSA) is 62.3 Å². The Hall–Kier alpha value is -2.76. The first kappa shape index (κ1) is 21.9. The summed E-state index contributed by atoms with van der Waals surface area (Å²) in [6.07, 6.45) is -9.86. The van der Waals surface area contributed by atoms with E-state index in [9.17, 15) is 35.9 Å². The molecule has 0 bridgehead atoms. The van der Waals surface area contributed by atoms with Crippen molar-refractivity contribution in [1.29, 1.82) is 0 Å². The zero-order valence-electron chi connectivity index (χ0n) is 14.9. The Morgan fingerprint density at radius 3 is 2.43 bits per heavy atom. The molecule has 30 heavy (non-hydrogen) atoms. The molecule has 0 fully saturated rings. The monoisotopic (exact) mass is 449 g/mol. The second-order valence-electron chi connectivity index (χ2n) is 6.26. The molecule has 5 nitrogen and oxygen atoms in total. The third-order valence-electron chi connectivity index (χ3n) is 4.18. The standard InChI is InChI=1S/C18H13F6N3O2S/c19-17(20,21)10-5-6-15(25-8-10)30-9-16(29)27-12-4-2-1-3-11(12)26-14(28)7-13(27)18(22,23)24/h1-6,8,13H,7,9H2,(H,26,28). The largest absolute Gasteiger partial charge is 0.417 e. The fraction of sp³-hybridized carbons (Fsp3) is 0.278. The van der Waals surface area contributed by atoms with Crippen molar-refractivity contribution in [3.8, 4) is 0 Å². The Bertz CT molecular complexity index is 946. The van der Waals surface area contributed by atoms with Crippen LogP contribution in [0.2, 0.25) is 0 Å². The average Bonchev–Trinajstić information content (AvgIpc) is 2.81. The molecule has 3 rings (SSSR count). The number of anilines is 2. The van der Waals surface area contributed by atoms with Crippen molar-refractivity contribution in [1.82, 2.24) is 4.98 Å². The third kappa shape index (κ3) is 4.86. The first-order chi connectivity index (χ1) is 14.0. The van der Waals surface area contributed by atoms with E-state index in [1.165, 1.54) is 24.3 Å². The number of benzene rings is 1. The summed E-state index contributed by atoms with van der Waals surface area (Å²) in [7, 11) is 0. The van der Waals surface area contributed by atoms with Crippen LogP contribution in [0.3, 0.4) is 0 Å². The predicted octanol–water partition coefficient (Wildman–Crippen LogP) is 4.50. The summed E-state index contributed by atoms with van der Waals surface area (Å²) in [6.45, 7) is 0. The summed E-state index contributed by atoms with van der Waals surface area (Å²) < 4.78 is 78.6. The molecule has 1 N–H and O–H groups in total. The minimum atomic E-state index is -4.87. The minimum absolute atomic E-state index is 0.0391. The van der Waals surface area contributed by atoms with Gasteiger partial charge in [-0.25, -0.2) is 4.98 Å². The summed E-state index contributed by atoms with van der Waals surface area (Å²) >= 11 is 0.694. The van der Waals surface area contributed by atoms with Crippen LogP contribution < -0.4 is 10.2 Å². The molecule has 160 valence electrons. The van der Waals surface area contributed by atoms with Crippen LogP contribution in [0.25, 0.3) is 0 Å². The van der Waals surface area contributed by atoms with Gasteiger partial charge in [-0.15, -0.1) is 0 Å². The van der Waals surface area contributed by atoms with E-state index < -0.39 is 47.9 Å². The Labute approximate surface area is 170 Å². The van der Waals surface area contributed by atoms with Crippen molar-refractivity contribution in [2.75, 3.05) is 16.0 Å². The molecule has 1 aromatic heterocycles. The van der Waals surface area contributed by atoms with Gasteiger partial charge in [-0.05, 0) is 24.3 Å². The van der Waals surface area contributed by atoms with Gasteiger partial charge in [-0.1, -0.05) is 23.9 Å². The predicted molar refractivity (Wildman–Crippen MR) is 97.0 cm³/mol. The van der Waals surface area contributed by atoms with Crippen LogP contribution in [0.15, 0.2) is 47.6 Å². The highest BCUT2D eigenvalue weighted by Crippen LogP contribution is 2.38. The molecule has 0 saturated heterocycles. The van der Waals surface area contributed by atoms with Gasteiger partial charge in [0.25, 0.3) is 0 Å². The van der Waals surface area contributed by atoms with Gasteiger partial charge in [0.05, 0.1) is 34.1 Å². The van der Waals surface area contributed by atoms with Gasteiger partial charge in [-0.2, -0.15) is 26.3 Å². The number of pyridine rings is 1. The summed E-state index contributed by atoms with van der Waals surface area (Å²) in [5, 5.41) is 2.38. The number of amides is 2. The Kier molecular flexibility index (Phi) is 5.97. The van der Waals surface area contributed by atoms with Crippen molar-refractivity contribution in [3.63, 3.8) is 0 Å². The van der Waals surface area contributed by atoms with E-state index in [4.69, 9.17) is 0 Å². The lowest BCUT2D eigenvalue weighted by atomic mass is 10.1. The number of alkyl halides is 6. The molecule has 1 atom stereocenters. The lowest BCUT2D eigenvalue weighted by Gasteiger charge is -2.31. The van der Waals surface area contributed by atoms with E-state index in [0.29, 0.717) is 22.9 Å². The van der Waals surface area contributed by atoms with Gasteiger partial charge in [0.1, 0.15) is 6.04 Å². The smallest absolute Gasteiger partial charge is 0.324 e. The number of fused-ring (bicyclic) bond motifs is 1. The molecule has 0 spiro atoms. The van der Waals surface area contributed by atoms with E-state index >= 15 is 0 Å². The number of aromatic nitrogens is 1. The molecule has 0 aliphatic carbocycles. The number of nitrogens with zero attached hydrogens (tertiary/aromatic N) is 2. The van der Waals surface area contributed by atoms with Crippen molar-refractivity contribution >= 4 is 35.0 Å². The number of hydrogen-bond acceptors (Lipinski definition) is 4. The first-order valence-corrected chi connectivity index (χ1v) is 9.39. The SMILES string of the molecule is O=C1CC(C(F)(F)F)N(C(=O)CSc2ccc(C(F)(F)F)cn2)c2ccccc2N1. The van der Waals surface area contributed by atoms with Crippen LogP contribution in [0.4, 0.5) is 37.7 Å². The number of hydrogen-bond donors (Lipinski definition) is 1. The maximum atomic E-state index is 13.6. The van der Waals surface area contributed by atoms with Crippen molar-refractivity contribution in [2.45, 2.75) is 29.8 Å². The highest BCUT2D eigenvalue weighted by Gasteiger charge is 2.48. The average molecular weight is 449 g/mol. The van der Waals surface area contributed by atoms with Gasteiger partial charge in [0.2, 0.25) is 11.8 Å². The molecular formula is C18H13F6N3O2S. The first-order valence-electron chi connectivity index (χ1n) is 8.40. The van der Waals surface area contributed by atoms with E-state index in [0.717, 1.165) is 12.1 Å². The number of nitrogens with one attached hydrogen (secondary N) is 1. The fourth-order valence-electron chi connectivity index (χ4n) is 2.83. The van der Waals surface area contributed by atoms with Crippen LogP contribution in [0, 0.1) is 0 Å². The maximum Gasteiger partial charge on any atom is 0.417 e. The number of para-hydroxylation sites is 2. The minimum Gasteiger partial charge on any atom is -0.324 e. The molecule has 12 heteroatoms. The number of carbonyl (C=O) groups is 2. The fourth-order valence-corrected chi connectivity index (χ4v) is 3.54. The van der Waals surface area contributed by atoms with E-state index in [1.54, 1.807) is 0 Å². The Morgan fingerprint density at radius 1 is 1.13 bits per heavy atom. The van der Waals surface area contributed by atoms with E-state index in [-0.39, 0.29) is 16.4 Å². The van der Waals surface area contributed by atoms with Crippen LogP contribution >= 0.6 is 11.8 Å². The maximum absolute atomic E-state index is 13.6. The van der Waals surface area contributed by atoms with Crippen LogP contribution in [-0.4, -0.2) is 34.8 Å². The molecule has 2 heterocycles. The second-order valence-corrected chi connectivity index (χ2v) is 7.26. The van der Waals surface area contributed by atoms with Crippen LogP contribution in [0.5, 0.6) is 0 Å². The van der Waals surface area contributed by atoms with Gasteiger partial charge < -0.3 is 5.32 Å². The zero-order chi connectivity index (χ0) is 22.1. The molecule has 1 aromatic carbocycles. The van der Waals surface area contributed by atoms with Crippen molar-refractivity contribution < 1.29 is 35.9 Å². The van der Waals surface area contributed by atoms with Gasteiger partial charge in [0.15, 0.2) is 0 Å². The quantitative estimate of drug-likeness (QED) is 0.554. The second kappa shape index (κ2) is 8.17. The summed E-state index contributed by atoms with van der Waals surface area (Å²) in [5.41, 5.74) is -1.04. The zero-order valence-corrected chi connectivity index (χ0v) is 15.7. The molecule has 0 saturated carbocycles. The molecule has 1 aliphatic heterocycles. The van der Waals surface area contributed by atoms with E-state index in [2.05, 4.69) is 10.3 Å². The summed E-state index contributed by atoms with van der Waals surface area (Å²) in [5.74, 6) is -2.38. The van der Waals surface area contributed by atoms with Crippen LogP contribution in [0.1, 0.15) is 12.0 Å². The Balaban J connectivity index is 1.85.